The molecule has 4 rings (SSSR count). The van der Waals surface area contributed by atoms with Gasteiger partial charge in [0, 0.05) is 23.3 Å². The maximum atomic E-state index is 4.58. The van der Waals surface area contributed by atoms with Crippen LogP contribution in [-0.4, -0.2) is 24.6 Å². The first-order chi connectivity index (χ1) is 9.42. The average Bonchev–Trinajstić information content (AvgIpc) is 2.93. The quantitative estimate of drug-likeness (QED) is 0.518. The molecule has 5 heteroatoms. The number of nitrogens with zero attached hydrogens (tertiary/aromatic N) is 5. The molecule has 0 bridgehead atoms. The van der Waals surface area contributed by atoms with Crippen molar-refractivity contribution >= 4 is 16.6 Å². The molecule has 1 aromatic carbocycles. The lowest BCUT2D eigenvalue weighted by molar-refractivity contribution is 0.937. The van der Waals surface area contributed by atoms with E-state index in [1.54, 1.807) is 23.2 Å². The summed E-state index contributed by atoms with van der Waals surface area (Å²) in [5.74, 6) is 0.659. The highest BCUT2D eigenvalue weighted by Gasteiger charge is 2.09. The summed E-state index contributed by atoms with van der Waals surface area (Å²) in [5, 5.41) is 5.43. The molecule has 0 saturated carbocycles. The Labute approximate surface area is 108 Å². The molecule has 19 heavy (non-hydrogen) atoms. The fourth-order valence-corrected chi connectivity index (χ4v) is 2.10. The maximum absolute atomic E-state index is 4.58. The van der Waals surface area contributed by atoms with E-state index in [0.29, 0.717) is 5.82 Å². The summed E-state index contributed by atoms with van der Waals surface area (Å²) in [6, 6.07) is 11.7. The van der Waals surface area contributed by atoms with E-state index in [0.717, 1.165) is 22.1 Å². The molecule has 5 nitrogen and oxygen atoms in total. The average molecular weight is 247 g/mol. The van der Waals surface area contributed by atoms with E-state index >= 15 is 0 Å². The first-order valence-corrected chi connectivity index (χ1v) is 5.92. The second-order valence-electron chi connectivity index (χ2n) is 4.21. The van der Waals surface area contributed by atoms with Gasteiger partial charge in [-0.15, -0.1) is 5.10 Å². The van der Waals surface area contributed by atoms with E-state index in [9.17, 15) is 0 Å². The Balaban J connectivity index is 2.04. The topological polar surface area (TPSA) is 56.0 Å². The van der Waals surface area contributed by atoms with Crippen molar-refractivity contribution in [2.45, 2.75) is 0 Å². The SMILES string of the molecule is c1cncc(-c2nc3c4ccccc4ncn3n2)c1. The maximum Gasteiger partial charge on any atom is 0.183 e. The molecule has 0 aliphatic carbocycles. The first-order valence-electron chi connectivity index (χ1n) is 5.92. The number of hydrogen-bond donors (Lipinski definition) is 0. The zero-order valence-electron chi connectivity index (χ0n) is 9.93. The molecule has 0 aliphatic heterocycles. The van der Waals surface area contributed by atoms with Crippen LogP contribution in [0.2, 0.25) is 0 Å². The van der Waals surface area contributed by atoms with Gasteiger partial charge >= 0.3 is 0 Å². The largest absolute Gasteiger partial charge is 0.264 e. The third-order valence-corrected chi connectivity index (χ3v) is 3.00. The number of pyridine rings is 1. The van der Waals surface area contributed by atoms with Crippen LogP contribution in [0.4, 0.5) is 0 Å². The van der Waals surface area contributed by atoms with E-state index < -0.39 is 0 Å². The van der Waals surface area contributed by atoms with Gasteiger partial charge in [-0.1, -0.05) is 12.1 Å². The minimum absolute atomic E-state index is 0.659. The Morgan fingerprint density at radius 2 is 1.95 bits per heavy atom. The van der Waals surface area contributed by atoms with Crippen LogP contribution in [0.15, 0.2) is 55.1 Å². The van der Waals surface area contributed by atoms with Crippen molar-refractivity contribution < 1.29 is 0 Å². The summed E-state index contributed by atoms with van der Waals surface area (Å²) in [5.41, 5.74) is 2.62. The molecule has 0 atom stereocenters. The minimum atomic E-state index is 0.659. The van der Waals surface area contributed by atoms with Gasteiger partial charge in [0.05, 0.1) is 5.52 Å². The van der Waals surface area contributed by atoms with E-state index in [2.05, 4.69) is 20.1 Å². The molecular formula is C14H9N5. The summed E-state index contributed by atoms with van der Waals surface area (Å²) in [7, 11) is 0. The Morgan fingerprint density at radius 3 is 2.84 bits per heavy atom. The molecule has 0 N–H and O–H groups in total. The van der Waals surface area contributed by atoms with Gasteiger partial charge in [-0.2, -0.15) is 0 Å². The Morgan fingerprint density at radius 1 is 1.00 bits per heavy atom. The van der Waals surface area contributed by atoms with Gasteiger partial charge in [0.15, 0.2) is 11.5 Å². The van der Waals surface area contributed by atoms with Crippen LogP contribution in [0, 0.1) is 0 Å². The predicted octanol–water partition coefficient (Wildman–Crippen LogP) is 2.34. The molecule has 3 heterocycles. The second-order valence-corrected chi connectivity index (χ2v) is 4.21. The number of rotatable bonds is 1. The lowest BCUT2D eigenvalue weighted by atomic mass is 10.2. The molecular weight excluding hydrogens is 238 g/mol. The van der Waals surface area contributed by atoms with E-state index in [4.69, 9.17) is 0 Å². The zero-order valence-corrected chi connectivity index (χ0v) is 9.93. The molecule has 4 aromatic rings. The number of para-hydroxylation sites is 1. The number of aromatic nitrogens is 5. The molecule has 0 unspecified atom stereocenters. The molecule has 0 saturated heterocycles. The van der Waals surface area contributed by atoms with Crippen molar-refractivity contribution in [1.82, 2.24) is 24.6 Å². The smallest absolute Gasteiger partial charge is 0.183 e. The number of fused-ring (bicyclic) bond motifs is 3. The lowest BCUT2D eigenvalue weighted by Gasteiger charge is -1.96. The fourth-order valence-electron chi connectivity index (χ4n) is 2.10. The highest BCUT2D eigenvalue weighted by atomic mass is 15.3. The summed E-state index contributed by atoms with van der Waals surface area (Å²) in [6.45, 7) is 0. The normalized spacial score (nSPS) is 11.2. The van der Waals surface area contributed by atoms with Gasteiger partial charge < -0.3 is 0 Å². The highest BCUT2D eigenvalue weighted by Crippen LogP contribution is 2.19. The summed E-state index contributed by atoms with van der Waals surface area (Å²) in [6.07, 6.45) is 5.17. The van der Waals surface area contributed by atoms with Gasteiger partial charge in [0.25, 0.3) is 0 Å². The minimum Gasteiger partial charge on any atom is -0.264 e. The Bertz CT molecular complexity index is 867. The molecule has 0 spiro atoms. The standard InChI is InChI=1S/C14H9N5/c1-2-6-12-11(5-1)14-17-13(18-19(14)9-16-12)10-4-3-7-15-8-10/h1-9H. The number of hydrogen-bond acceptors (Lipinski definition) is 4. The van der Waals surface area contributed by atoms with Crippen LogP contribution in [0.1, 0.15) is 0 Å². The van der Waals surface area contributed by atoms with Crippen molar-refractivity contribution in [3.05, 3.63) is 55.1 Å². The van der Waals surface area contributed by atoms with Crippen LogP contribution >= 0.6 is 0 Å². The first kappa shape index (κ1) is 10.1. The van der Waals surface area contributed by atoms with Gasteiger partial charge in [-0.05, 0) is 24.3 Å². The lowest BCUT2D eigenvalue weighted by Crippen LogP contribution is -1.90. The van der Waals surface area contributed by atoms with Crippen molar-refractivity contribution in [2.24, 2.45) is 0 Å². The van der Waals surface area contributed by atoms with E-state index in [-0.39, 0.29) is 0 Å². The monoisotopic (exact) mass is 247 g/mol. The summed E-state index contributed by atoms with van der Waals surface area (Å²) >= 11 is 0. The van der Waals surface area contributed by atoms with Crippen molar-refractivity contribution in [1.29, 1.82) is 0 Å². The van der Waals surface area contributed by atoms with Crippen LogP contribution in [0.5, 0.6) is 0 Å². The fraction of sp³-hybridized carbons (Fsp3) is 0. The Kier molecular flexibility index (Phi) is 2.05. The molecule has 90 valence electrons. The van der Waals surface area contributed by atoms with Gasteiger partial charge in [-0.3, -0.25) is 4.98 Å². The van der Waals surface area contributed by atoms with E-state index in [1.165, 1.54) is 0 Å². The van der Waals surface area contributed by atoms with Crippen LogP contribution in [0.3, 0.4) is 0 Å². The van der Waals surface area contributed by atoms with Crippen LogP contribution < -0.4 is 0 Å². The Hall–Kier alpha value is -2.82. The van der Waals surface area contributed by atoms with Gasteiger partial charge in [-0.25, -0.2) is 14.5 Å². The van der Waals surface area contributed by atoms with Crippen molar-refractivity contribution in [2.75, 3.05) is 0 Å². The summed E-state index contributed by atoms with van der Waals surface area (Å²) in [4.78, 5) is 13.0. The third kappa shape index (κ3) is 1.55. The molecule has 0 radical (unpaired) electrons. The molecule has 0 amide bonds. The number of benzene rings is 1. The van der Waals surface area contributed by atoms with Gasteiger partial charge in [0.1, 0.15) is 6.33 Å². The van der Waals surface area contributed by atoms with Gasteiger partial charge in [0.2, 0.25) is 0 Å². The summed E-state index contributed by atoms with van der Waals surface area (Å²) < 4.78 is 1.70. The molecule has 3 aromatic heterocycles. The highest BCUT2D eigenvalue weighted by molar-refractivity contribution is 5.91. The zero-order chi connectivity index (χ0) is 12.7. The van der Waals surface area contributed by atoms with Crippen LogP contribution in [-0.2, 0) is 0 Å². The molecule has 0 fully saturated rings. The van der Waals surface area contributed by atoms with Crippen LogP contribution in [0.25, 0.3) is 27.9 Å². The van der Waals surface area contributed by atoms with Crippen molar-refractivity contribution in [3.63, 3.8) is 0 Å². The predicted molar refractivity (Wildman–Crippen MR) is 71.5 cm³/mol. The second kappa shape index (κ2) is 3.84. The third-order valence-electron chi connectivity index (χ3n) is 3.00. The molecule has 0 aliphatic rings. The van der Waals surface area contributed by atoms with Crippen molar-refractivity contribution in [3.8, 4) is 11.4 Å². The van der Waals surface area contributed by atoms with E-state index in [1.807, 2.05) is 36.4 Å².